The molecular weight excluding hydrogens is 302 g/mol. The van der Waals surface area contributed by atoms with E-state index in [4.69, 9.17) is 9.15 Å². The van der Waals surface area contributed by atoms with E-state index >= 15 is 0 Å². The summed E-state index contributed by atoms with van der Waals surface area (Å²) in [4.78, 5) is 2.19. The lowest BCUT2D eigenvalue weighted by atomic mass is 10.2. The number of aliphatic hydroxyl groups is 1. The number of rotatable bonds is 10. The fraction of sp³-hybridized carbons (Fsp3) is 0.500. The second-order valence-corrected chi connectivity index (χ2v) is 6.75. The lowest BCUT2D eigenvalue weighted by molar-refractivity contribution is 0.00457. The first kappa shape index (κ1) is 18.7. The number of aliphatic hydroxyl groups excluding tert-OH is 1. The molecule has 0 spiro atoms. The van der Waals surface area contributed by atoms with Crippen LogP contribution in [0, 0.1) is 12.8 Å². The van der Waals surface area contributed by atoms with Crippen LogP contribution in [-0.2, 0) is 17.8 Å². The van der Waals surface area contributed by atoms with Crippen LogP contribution in [0.2, 0.25) is 0 Å². The molecule has 132 valence electrons. The SMILES string of the molecule is Cc1ccc(CN(Cc2ccccc2)C[C@@H](O)COCC(C)C)o1. The van der Waals surface area contributed by atoms with Gasteiger partial charge >= 0.3 is 0 Å². The third-order valence-electron chi connectivity index (χ3n) is 3.65. The topological polar surface area (TPSA) is 45.8 Å². The summed E-state index contributed by atoms with van der Waals surface area (Å²) >= 11 is 0. The molecule has 0 aliphatic rings. The Bertz CT molecular complexity index is 580. The third kappa shape index (κ3) is 6.87. The Morgan fingerprint density at radius 3 is 2.42 bits per heavy atom. The quantitative estimate of drug-likeness (QED) is 0.722. The summed E-state index contributed by atoms with van der Waals surface area (Å²) < 4.78 is 11.3. The summed E-state index contributed by atoms with van der Waals surface area (Å²) in [6.07, 6.45) is -0.511. The van der Waals surface area contributed by atoms with Crippen LogP contribution in [0.25, 0.3) is 0 Å². The second kappa shape index (κ2) is 9.62. The first-order valence-electron chi connectivity index (χ1n) is 8.60. The van der Waals surface area contributed by atoms with E-state index in [9.17, 15) is 5.11 Å². The van der Waals surface area contributed by atoms with Crippen molar-refractivity contribution in [1.29, 1.82) is 0 Å². The van der Waals surface area contributed by atoms with E-state index in [1.165, 1.54) is 5.56 Å². The van der Waals surface area contributed by atoms with Crippen LogP contribution in [0.15, 0.2) is 46.9 Å². The van der Waals surface area contributed by atoms with Crippen LogP contribution >= 0.6 is 0 Å². The number of benzene rings is 1. The van der Waals surface area contributed by atoms with Gasteiger partial charge in [-0.1, -0.05) is 44.2 Å². The average Bonchev–Trinajstić information content (AvgIpc) is 2.93. The molecule has 2 aromatic rings. The number of ether oxygens (including phenoxy) is 1. The molecule has 0 unspecified atom stereocenters. The molecule has 0 saturated carbocycles. The molecule has 1 aromatic carbocycles. The van der Waals surface area contributed by atoms with Crippen molar-refractivity contribution in [3.05, 3.63) is 59.5 Å². The largest absolute Gasteiger partial charge is 0.465 e. The lowest BCUT2D eigenvalue weighted by Gasteiger charge is -2.24. The van der Waals surface area contributed by atoms with Crippen LogP contribution in [0.4, 0.5) is 0 Å². The van der Waals surface area contributed by atoms with Gasteiger partial charge in [-0.15, -0.1) is 0 Å². The summed E-state index contributed by atoms with van der Waals surface area (Å²) in [5, 5.41) is 10.3. The summed E-state index contributed by atoms with van der Waals surface area (Å²) in [5.74, 6) is 2.30. The van der Waals surface area contributed by atoms with Crippen LogP contribution in [0.3, 0.4) is 0 Å². The maximum absolute atomic E-state index is 10.3. The van der Waals surface area contributed by atoms with E-state index in [1.807, 2.05) is 37.3 Å². The number of furan rings is 1. The Kier molecular flexibility index (Phi) is 7.50. The minimum Gasteiger partial charge on any atom is -0.465 e. The minimum absolute atomic E-state index is 0.362. The second-order valence-electron chi connectivity index (χ2n) is 6.75. The van der Waals surface area contributed by atoms with Gasteiger partial charge in [-0.05, 0) is 30.5 Å². The standard InChI is InChI=1S/C20H29NO3/c1-16(2)14-23-15-19(22)12-21(11-18-7-5-4-6-8-18)13-20-10-9-17(3)24-20/h4-10,16,19,22H,11-15H2,1-3H3/t19-/m1/s1. The van der Waals surface area contributed by atoms with Crippen molar-refractivity contribution in [2.45, 2.75) is 40.0 Å². The van der Waals surface area contributed by atoms with E-state index < -0.39 is 6.10 Å². The predicted molar refractivity (Wildman–Crippen MR) is 95.7 cm³/mol. The molecule has 0 bridgehead atoms. The van der Waals surface area contributed by atoms with Crippen molar-refractivity contribution in [1.82, 2.24) is 4.90 Å². The van der Waals surface area contributed by atoms with Gasteiger partial charge in [0.25, 0.3) is 0 Å². The molecular formula is C20H29NO3. The van der Waals surface area contributed by atoms with Gasteiger partial charge in [0, 0.05) is 19.7 Å². The van der Waals surface area contributed by atoms with Gasteiger partial charge in [-0.25, -0.2) is 0 Å². The maximum Gasteiger partial charge on any atom is 0.118 e. The highest BCUT2D eigenvalue weighted by atomic mass is 16.5. The molecule has 1 atom stereocenters. The van der Waals surface area contributed by atoms with Gasteiger partial charge < -0.3 is 14.3 Å². The predicted octanol–water partition coefficient (Wildman–Crippen LogP) is 3.62. The highest BCUT2D eigenvalue weighted by Gasteiger charge is 2.15. The zero-order valence-corrected chi connectivity index (χ0v) is 14.9. The molecule has 1 heterocycles. The zero-order chi connectivity index (χ0) is 17.4. The third-order valence-corrected chi connectivity index (χ3v) is 3.65. The number of aryl methyl sites for hydroxylation is 1. The molecule has 1 aromatic heterocycles. The molecule has 1 N–H and O–H groups in total. The normalized spacial score (nSPS) is 12.9. The molecule has 0 amide bonds. The first-order chi connectivity index (χ1) is 11.5. The van der Waals surface area contributed by atoms with Crippen LogP contribution in [0.1, 0.15) is 30.9 Å². The van der Waals surface area contributed by atoms with Gasteiger partial charge in [0.05, 0.1) is 19.3 Å². The Balaban J connectivity index is 1.93. The van der Waals surface area contributed by atoms with Crippen LogP contribution < -0.4 is 0 Å². The molecule has 4 heteroatoms. The highest BCUT2D eigenvalue weighted by molar-refractivity contribution is 5.15. The molecule has 4 nitrogen and oxygen atoms in total. The molecule has 0 aliphatic carbocycles. The highest BCUT2D eigenvalue weighted by Crippen LogP contribution is 2.13. The Morgan fingerprint density at radius 2 is 1.79 bits per heavy atom. The average molecular weight is 331 g/mol. The fourth-order valence-corrected chi connectivity index (χ4v) is 2.61. The van der Waals surface area contributed by atoms with Gasteiger partial charge in [-0.3, -0.25) is 4.90 Å². The monoisotopic (exact) mass is 331 g/mol. The van der Waals surface area contributed by atoms with Crippen molar-refractivity contribution < 1.29 is 14.3 Å². The summed E-state index contributed by atoms with van der Waals surface area (Å²) in [6.45, 7) is 9.17. The fourth-order valence-electron chi connectivity index (χ4n) is 2.61. The van der Waals surface area contributed by atoms with Crippen LogP contribution in [-0.4, -0.2) is 35.9 Å². The first-order valence-corrected chi connectivity index (χ1v) is 8.60. The van der Waals surface area contributed by atoms with Gasteiger partial charge in [0.2, 0.25) is 0 Å². The Labute approximate surface area is 145 Å². The Hall–Kier alpha value is -1.62. The maximum atomic E-state index is 10.3. The van der Waals surface area contributed by atoms with E-state index in [0.29, 0.717) is 32.2 Å². The summed E-state index contributed by atoms with van der Waals surface area (Å²) in [7, 11) is 0. The summed E-state index contributed by atoms with van der Waals surface area (Å²) in [5.41, 5.74) is 1.22. The van der Waals surface area contributed by atoms with Crippen LogP contribution in [0.5, 0.6) is 0 Å². The molecule has 24 heavy (non-hydrogen) atoms. The smallest absolute Gasteiger partial charge is 0.118 e. The van der Waals surface area contributed by atoms with E-state index in [2.05, 4.69) is 30.9 Å². The van der Waals surface area contributed by atoms with Crippen molar-refractivity contribution in [2.75, 3.05) is 19.8 Å². The molecule has 0 saturated heterocycles. The van der Waals surface area contributed by atoms with Gasteiger partial charge in [0.1, 0.15) is 11.5 Å². The van der Waals surface area contributed by atoms with Gasteiger partial charge in [-0.2, -0.15) is 0 Å². The molecule has 2 rings (SSSR count). The van der Waals surface area contributed by atoms with E-state index in [0.717, 1.165) is 18.1 Å². The van der Waals surface area contributed by atoms with Gasteiger partial charge in [0.15, 0.2) is 0 Å². The van der Waals surface area contributed by atoms with Crippen molar-refractivity contribution in [3.8, 4) is 0 Å². The lowest BCUT2D eigenvalue weighted by Crippen LogP contribution is -2.34. The number of nitrogens with zero attached hydrogens (tertiary/aromatic N) is 1. The number of hydrogen-bond acceptors (Lipinski definition) is 4. The molecule has 0 fully saturated rings. The Morgan fingerprint density at radius 1 is 1.04 bits per heavy atom. The van der Waals surface area contributed by atoms with E-state index in [-0.39, 0.29) is 0 Å². The molecule has 0 aliphatic heterocycles. The van der Waals surface area contributed by atoms with E-state index in [1.54, 1.807) is 0 Å². The summed E-state index contributed by atoms with van der Waals surface area (Å²) in [6, 6.07) is 14.2. The number of hydrogen-bond donors (Lipinski definition) is 1. The molecule has 0 radical (unpaired) electrons. The minimum atomic E-state index is -0.511. The van der Waals surface area contributed by atoms with Crippen molar-refractivity contribution in [2.24, 2.45) is 5.92 Å². The van der Waals surface area contributed by atoms with Crippen molar-refractivity contribution in [3.63, 3.8) is 0 Å². The zero-order valence-electron chi connectivity index (χ0n) is 14.9. The van der Waals surface area contributed by atoms with Crippen molar-refractivity contribution >= 4 is 0 Å².